The highest BCUT2D eigenvalue weighted by atomic mass is 16.1. The van der Waals surface area contributed by atoms with Gasteiger partial charge in [-0.2, -0.15) is 0 Å². The quantitative estimate of drug-likeness (QED) is 0.625. The van der Waals surface area contributed by atoms with E-state index < -0.39 is 0 Å². The summed E-state index contributed by atoms with van der Waals surface area (Å²) in [5.74, 6) is 3.43. The van der Waals surface area contributed by atoms with E-state index in [0.29, 0.717) is 11.7 Å². The van der Waals surface area contributed by atoms with Crippen LogP contribution >= 0.6 is 0 Å². The van der Waals surface area contributed by atoms with Gasteiger partial charge >= 0.3 is 0 Å². The van der Waals surface area contributed by atoms with E-state index >= 15 is 0 Å². The second kappa shape index (κ2) is 4.04. The Balaban J connectivity index is 1.99. The number of Topliss-reactive ketones (excluding diaryl/α,β-unsaturated/α-hetero) is 1. The van der Waals surface area contributed by atoms with Gasteiger partial charge in [0, 0.05) is 12.3 Å². The molecule has 0 saturated heterocycles. The monoisotopic (exact) mass is 194 g/mol. The Hall–Kier alpha value is -0.330. The second-order valence-corrected chi connectivity index (χ2v) is 5.64. The molecule has 2 rings (SSSR count). The number of hydrogen-bond acceptors (Lipinski definition) is 1. The lowest BCUT2D eigenvalue weighted by Crippen LogP contribution is -2.27. The summed E-state index contributed by atoms with van der Waals surface area (Å²) in [6.45, 7) is 4.70. The number of carbonyl (C=O) groups is 1. The van der Waals surface area contributed by atoms with Gasteiger partial charge in [0.25, 0.3) is 0 Å². The van der Waals surface area contributed by atoms with Gasteiger partial charge in [0.05, 0.1) is 0 Å². The molecule has 0 aromatic carbocycles. The summed E-state index contributed by atoms with van der Waals surface area (Å²) in [6, 6.07) is 0. The van der Waals surface area contributed by atoms with Crippen molar-refractivity contribution in [2.24, 2.45) is 23.7 Å². The third-order valence-corrected chi connectivity index (χ3v) is 4.14. The SMILES string of the molecule is CC1CC(C)CC(C2CCCC2=O)C1. The predicted octanol–water partition coefficient (Wildman–Crippen LogP) is 3.43. The molecule has 2 saturated carbocycles. The zero-order chi connectivity index (χ0) is 10.1. The molecule has 0 N–H and O–H groups in total. The average molecular weight is 194 g/mol. The molecule has 0 spiro atoms. The number of ketones is 1. The standard InChI is InChI=1S/C13H22O/c1-9-6-10(2)8-11(7-9)12-4-3-5-13(12)14/h9-12H,3-8H2,1-2H3. The minimum atomic E-state index is 0.445. The number of rotatable bonds is 1. The number of carbonyl (C=O) groups excluding carboxylic acids is 1. The van der Waals surface area contributed by atoms with Crippen LogP contribution in [0.2, 0.25) is 0 Å². The lowest BCUT2D eigenvalue weighted by atomic mass is 9.71. The van der Waals surface area contributed by atoms with E-state index in [-0.39, 0.29) is 0 Å². The van der Waals surface area contributed by atoms with E-state index in [1.54, 1.807) is 0 Å². The summed E-state index contributed by atoms with van der Waals surface area (Å²) >= 11 is 0. The van der Waals surface area contributed by atoms with Crippen molar-refractivity contribution in [1.82, 2.24) is 0 Å². The highest BCUT2D eigenvalue weighted by molar-refractivity contribution is 5.83. The van der Waals surface area contributed by atoms with Crippen molar-refractivity contribution in [3.8, 4) is 0 Å². The Morgan fingerprint density at radius 3 is 2.21 bits per heavy atom. The Bertz CT molecular complexity index is 211. The Morgan fingerprint density at radius 1 is 1.07 bits per heavy atom. The Labute approximate surface area is 87.3 Å². The van der Waals surface area contributed by atoms with Crippen molar-refractivity contribution in [2.75, 3.05) is 0 Å². The molecule has 2 aliphatic carbocycles. The van der Waals surface area contributed by atoms with Crippen LogP contribution in [0.3, 0.4) is 0 Å². The smallest absolute Gasteiger partial charge is 0.136 e. The first kappa shape index (κ1) is 10.2. The van der Waals surface area contributed by atoms with Gasteiger partial charge in [0.15, 0.2) is 0 Å². The summed E-state index contributed by atoms with van der Waals surface area (Å²) in [6.07, 6.45) is 7.19. The van der Waals surface area contributed by atoms with E-state index in [9.17, 15) is 4.79 Å². The van der Waals surface area contributed by atoms with Crippen LogP contribution in [0.5, 0.6) is 0 Å². The van der Waals surface area contributed by atoms with Crippen molar-refractivity contribution in [2.45, 2.75) is 52.4 Å². The molecule has 0 aliphatic heterocycles. The second-order valence-electron chi connectivity index (χ2n) is 5.64. The van der Waals surface area contributed by atoms with Crippen molar-refractivity contribution in [1.29, 1.82) is 0 Å². The molecule has 0 bridgehead atoms. The summed E-state index contributed by atoms with van der Waals surface area (Å²) < 4.78 is 0. The van der Waals surface area contributed by atoms with Crippen LogP contribution < -0.4 is 0 Å². The maximum absolute atomic E-state index is 11.7. The van der Waals surface area contributed by atoms with Crippen molar-refractivity contribution in [3.63, 3.8) is 0 Å². The zero-order valence-electron chi connectivity index (χ0n) is 9.46. The molecule has 80 valence electrons. The average Bonchev–Trinajstić information content (AvgIpc) is 2.49. The van der Waals surface area contributed by atoms with E-state index in [2.05, 4.69) is 13.8 Å². The molecule has 1 heteroatoms. The van der Waals surface area contributed by atoms with Crippen molar-refractivity contribution in [3.05, 3.63) is 0 Å². The lowest BCUT2D eigenvalue weighted by molar-refractivity contribution is -0.122. The fourth-order valence-corrected chi connectivity index (χ4v) is 3.68. The third-order valence-electron chi connectivity index (χ3n) is 4.14. The minimum absolute atomic E-state index is 0.445. The van der Waals surface area contributed by atoms with Gasteiger partial charge in [-0.3, -0.25) is 4.79 Å². The zero-order valence-corrected chi connectivity index (χ0v) is 9.46. The highest BCUT2D eigenvalue weighted by Gasteiger charge is 2.35. The van der Waals surface area contributed by atoms with Crippen LogP contribution in [0.15, 0.2) is 0 Å². The van der Waals surface area contributed by atoms with Crippen LogP contribution in [0.1, 0.15) is 52.4 Å². The molecule has 0 aromatic rings. The third kappa shape index (κ3) is 2.02. The normalized spacial score (nSPS) is 44.3. The molecule has 0 aromatic heterocycles. The molecular formula is C13H22O. The first-order chi connectivity index (χ1) is 6.66. The molecule has 3 unspecified atom stereocenters. The predicted molar refractivity (Wildman–Crippen MR) is 58.0 cm³/mol. The molecule has 2 aliphatic rings. The molecule has 2 fully saturated rings. The van der Waals surface area contributed by atoms with E-state index in [1.807, 2.05) is 0 Å². The molecule has 14 heavy (non-hydrogen) atoms. The lowest BCUT2D eigenvalue weighted by Gasteiger charge is -2.34. The van der Waals surface area contributed by atoms with Crippen LogP contribution in [0.25, 0.3) is 0 Å². The van der Waals surface area contributed by atoms with Gasteiger partial charge < -0.3 is 0 Å². The molecule has 0 radical (unpaired) electrons. The first-order valence-electron chi connectivity index (χ1n) is 6.19. The topological polar surface area (TPSA) is 17.1 Å². The summed E-state index contributed by atoms with van der Waals surface area (Å²) in [5, 5.41) is 0. The molecular weight excluding hydrogens is 172 g/mol. The van der Waals surface area contributed by atoms with Crippen molar-refractivity contribution < 1.29 is 4.79 Å². The number of hydrogen-bond donors (Lipinski definition) is 0. The van der Waals surface area contributed by atoms with Gasteiger partial charge in [-0.15, -0.1) is 0 Å². The first-order valence-corrected chi connectivity index (χ1v) is 6.19. The molecule has 0 heterocycles. The van der Waals surface area contributed by atoms with Crippen molar-refractivity contribution >= 4 is 5.78 Å². The van der Waals surface area contributed by atoms with Gasteiger partial charge in [0.2, 0.25) is 0 Å². The molecule has 3 atom stereocenters. The van der Waals surface area contributed by atoms with Crippen LogP contribution in [0.4, 0.5) is 0 Å². The van der Waals surface area contributed by atoms with Crippen LogP contribution in [-0.4, -0.2) is 5.78 Å². The van der Waals surface area contributed by atoms with Crippen LogP contribution in [-0.2, 0) is 4.79 Å². The van der Waals surface area contributed by atoms with Gasteiger partial charge in [-0.1, -0.05) is 13.8 Å². The summed E-state index contributed by atoms with van der Waals surface area (Å²) in [5.41, 5.74) is 0. The summed E-state index contributed by atoms with van der Waals surface area (Å²) in [7, 11) is 0. The highest BCUT2D eigenvalue weighted by Crippen LogP contribution is 2.41. The Morgan fingerprint density at radius 2 is 1.71 bits per heavy atom. The van der Waals surface area contributed by atoms with E-state index in [4.69, 9.17) is 0 Å². The fourth-order valence-electron chi connectivity index (χ4n) is 3.68. The molecule has 1 nitrogen and oxygen atoms in total. The molecule has 0 amide bonds. The minimum Gasteiger partial charge on any atom is -0.299 e. The Kier molecular flexibility index (Phi) is 2.94. The largest absolute Gasteiger partial charge is 0.299 e. The van der Waals surface area contributed by atoms with E-state index in [1.165, 1.54) is 25.7 Å². The van der Waals surface area contributed by atoms with Crippen LogP contribution in [0, 0.1) is 23.7 Å². The van der Waals surface area contributed by atoms with Gasteiger partial charge in [-0.25, -0.2) is 0 Å². The van der Waals surface area contributed by atoms with E-state index in [0.717, 1.165) is 30.6 Å². The van der Waals surface area contributed by atoms with Gasteiger partial charge in [-0.05, 0) is 49.9 Å². The summed E-state index contributed by atoms with van der Waals surface area (Å²) in [4.78, 5) is 11.7. The maximum atomic E-state index is 11.7. The maximum Gasteiger partial charge on any atom is 0.136 e. The fraction of sp³-hybridized carbons (Fsp3) is 0.923. The van der Waals surface area contributed by atoms with Gasteiger partial charge in [0.1, 0.15) is 5.78 Å².